The van der Waals surface area contributed by atoms with Crippen LogP contribution in [0.25, 0.3) is 0 Å². The fourth-order valence-corrected chi connectivity index (χ4v) is 5.26. The SMILES string of the molecule is CCN1CCCC1CNS(=O)(=O)c1cc(CO)sc1C. The second kappa shape index (κ2) is 6.53. The Morgan fingerprint density at radius 1 is 1.55 bits per heavy atom. The van der Waals surface area contributed by atoms with Crippen LogP contribution in [-0.2, 0) is 16.6 Å². The predicted octanol–water partition coefficient (Wildman–Crippen LogP) is 1.31. The van der Waals surface area contributed by atoms with Crippen LogP contribution >= 0.6 is 11.3 Å². The average molecular weight is 318 g/mol. The number of aliphatic hydroxyl groups excluding tert-OH is 1. The minimum atomic E-state index is -3.48. The standard InChI is InChI=1S/C13H22N2O3S2/c1-3-15-6-4-5-11(15)8-14-20(17,18)13-7-12(9-16)19-10(13)2/h7,11,14,16H,3-6,8-9H2,1-2H3. The molecule has 1 aromatic heterocycles. The molecule has 1 fully saturated rings. The molecule has 2 heterocycles. The van der Waals surface area contributed by atoms with Crippen LogP contribution in [-0.4, -0.2) is 44.1 Å². The number of likely N-dealkylation sites (tertiary alicyclic amines) is 1. The third kappa shape index (κ3) is 3.40. The Morgan fingerprint density at radius 3 is 2.90 bits per heavy atom. The van der Waals surface area contributed by atoms with E-state index in [4.69, 9.17) is 5.11 Å². The lowest BCUT2D eigenvalue weighted by atomic mass is 10.2. The van der Waals surface area contributed by atoms with E-state index in [2.05, 4.69) is 16.5 Å². The van der Waals surface area contributed by atoms with Crippen LogP contribution in [0.15, 0.2) is 11.0 Å². The van der Waals surface area contributed by atoms with E-state index in [9.17, 15) is 8.42 Å². The molecule has 0 amide bonds. The van der Waals surface area contributed by atoms with Crippen LogP contribution in [0.1, 0.15) is 29.5 Å². The van der Waals surface area contributed by atoms with Crippen LogP contribution in [0, 0.1) is 6.92 Å². The Bertz CT molecular complexity index is 554. The minimum absolute atomic E-state index is 0.118. The van der Waals surface area contributed by atoms with Crippen LogP contribution in [0.2, 0.25) is 0 Å². The summed E-state index contributed by atoms with van der Waals surface area (Å²) in [7, 11) is -3.48. The Morgan fingerprint density at radius 2 is 2.30 bits per heavy atom. The molecule has 1 unspecified atom stereocenters. The van der Waals surface area contributed by atoms with Crippen molar-refractivity contribution in [2.75, 3.05) is 19.6 Å². The van der Waals surface area contributed by atoms with Gasteiger partial charge >= 0.3 is 0 Å². The number of thiophene rings is 1. The lowest BCUT2D eigenvalue weighted by molar-refractivity contribution is 0.268. The summed E-state index contributed by atoms with van der Waals surface area (Å²) >= 11 is 1.32. The Kier molecular flexibility index (Phi) is 5.19. The first-order valence-corrected chi connectivity index (χ1v) is 9.21. The van der Waals surface area contributed by atoms with E-state index < -0.39 is 10.0 Å². The van der Waals surface area contributed by atoms with E-state index in [0.29, 0.717) is 22.4 Å². The summed E-state index contributed by atoms with van der Waals surface area (Å²) in [6.45, 7) is 6.22. The largest absolute Gasteiger partial charge is 0.391 e. The first-order valence-electron chi connectivity index (χ1n) is 6.91. The van der Waals surface area contributed by atoms with Gasteiger partial charge in [-0.2, -0.15) is 0 Å². The van der Waals surface area contributed by atoms with E-state index in [1.54, 1.807) is 13.0 Å². The van der Waals surface area contributed by atoms with Crippen molar-refractivity contribution in [3.63, 3.8) is 0 Å². The maximum absolute atomic E-state index is 12.3. The van der Waals surface area contributed by atoms with E-state index in [0.717, 1.165) is 30.8 Å². The number of aryl methyl sites for hydroxylation is 1. The van der Waals surface area contributed by atoms with Crippen molar-refractivity contribution in [3.8, 4) is 0 Å². The number of sulfonamides is 1. The molecule has 20 heavy (non-hydrogen) atoms. The maximum Gasteiger partial charge on any atom is 0.241 e. The van der Waals surface area contributed by atoms with Crippen molar-refractivity contribution in [2.45, 2.75) is 44.2 Å². The number of aliphatic hydroxyl groups is 1. The number of likely N-dealkylation sites (N-methyl/N-ethyl adjacent to an activating group) is 1. The Hall–Kier alpha value is -0.470. The molecule has 1 atom stereocenters. The molecule has 0 radical (unpaired) electrons. The predicted molar refractivity (Wildman–Crippen MR) is 80.4 cm³/mol. The quantitative estimate of drug-likeness (QED) is 0.830. The molecule has 2 N–H and O–H groups in total. The summed E-state index contributed by atoms with van der Waals surface area (Å²) in [6.07, 6.45) is 2.17. The first kappa shape index (κ1) is 15.9. The summed E-state index contributed by atoms with van der Waals surface area (Å²) in [5, 5.41) is 9.10. The van der Waals surface area contributed by atoms with Crippen molar-refractivity contribution in [1.29, 1.82) is 0 Å². The van der Waals surface area contributed by atoms with Gasteiger partial charge in [-0.15, -0.1) is 11.3 Å². The molecule has 114 valence electrons. The molecule has 1 aromatic rings. The van der Waals surface area contributed by atoms with Gasteiger partial charge in [-0.25, -0.2) is 13.1 Å². The van der Waals surface area contributed by atoms with Gasteiger partial charge < -0.3 is 5.11 Å². The minimum Gasteiger partial charge on any atom is -0.391 e. The monoisotopic (exact) mass is 318 g/mol. The molecule has 5 nitrogen and oxygen atoms in total. The van der Waals surface area contributed by atoms with Gasteiger partial charge in [-0.05, 0) is 38.9 Å². The third-order valence-electron chi connectivity index (χ3n) is 3.78. The summed E-state index contributed by atoms with van der Waals surface area (Å²) < 4.78 is 27.4. The van der Waals surface area contributed by atoms with Gasteiger partial charge in [0.2, 0.25) is 10.0 Å². The fourth-order valence-electron chi connectivity index (χ4n) is 2.70. The second-order valence-electron chi connectivity index (χ2n) is 5.07. The van der Waals surface area contributed by atoms with Gasteiger partial charge in [0.05, 0.1) is 11.5 Å². The zero-order valence-corrected chi connectivity index (χ0v) is 13.6. The number of nitrogens with one attached hydrogen (secondary N) is 1. The lowest BCUT2D eigenvalue weighted by Gasteiger charge is -2.22. The maximum atomic E-state index is 12.3. The van der Waals surface area contributed by atoms with Crippen LogP contribution < -0.4 is 4.72 Å². The summed E-state index contributed by atoms with van der Waals surface area (Å²) in [5.74, 6) is 0. The number of nitrogens with zero attached hydrogens (tertiary/aromatic N) is 1. The third-order valence-corrected chi connectivity index (χ3v) is 6.50. The highest BCUT2D eigenvalue weighted by atomic mass is 32.2. The molecular weight excluding hydrogens is 296 g/mol. The number of hydrogen-bond acceptors (Lipinski definition) is 5. The van der Waals surface area contributed by atoms with Crippen LogP contribution in [0.4, 0.5) is 0 Å². The van der Waals surface area contributed by atoms with Crippen molar-refractivity contribution in [2.24, 2.45) is 0 Å². The molecule has 0 aliphatic carbocycles. The van der Waals surface area contributed by atoms with Crippen LogP contribution in [0.5, 0.6) is 0 Å². The second-order valence-corrected chi connectivity index (χ2v) is 8.14. The van der Waals surface area contributed by atoms with Crippen molar-refractivity contribution in [1.82, 2.24) is 9.62 Å². The van der Waals surface area contributed by atoms with Crippen LogP contribution in [0.3, 0.4) is 0 Å². The Labute approximate surface area is 124 Å². The van der Waals surface area contributed by atoms with Gasteiger partial charge in [-0.3, -0.25) is 4.90 Å². The number of hydrogen-bond donors (Lipinski definition) is 2. The average Bonchev–Trinajstić information content (AvgIpc) is 3.02. The molecule has 7 heteroatoms. The molecule has 1 aliphatic rings. The molecule has 0 saturated carbocycles. The van der Waals surface area contributed by atoms with E-state index in [1.807, 2.05) is 0 Å². The summed E-state index contributed by atoms with van der Waals surface area (Å²) in [4.78, 5) is 4.01. The molecule has 2 rings (SSSR count). The van der Waals surface area contributed by atoms with E-state index >= 15 is 0 Å². The molecule has 0 bridgehead atoms. The van der Waals surface area contributed by atoms with Crippen molar-refractivity contribution < 1.29 is 13.5 Å². The van der Waals surface area contributed by atoms with E-state index in [1.165, 1.54) is 11.3 Å². The normalized spacial score (nSPS) is 20.6. The molecule has 0 aromatic carbocycles. The summed E-state index contributed by atoms with van der Waals surface area (Å²) in [6, 6.07) is 1.86. The van der Waals surface area contributed by atoms with E-state index in [-0.39, 0.29) is 6.61 Å². The summed E-state index contributed by atoms with van der Waals surface area (Å²) in [5.41, 5.74) is 0. The molecule has 1 aliphatic heterocycles. The van der Waals surface area contributed by atoms with Crippen molar-refractivity contribution >= 4 is 21.4 Å². The molecule has 0 spiro atoms. The van der Waals surface area contributed by atoms with Gasteiger partial charge in [-0.1, -0.05) is 6.92 Å². The smallest absolute Gasteiger partial charge is 0.241 e. The number of rotatable bonds is 6. The lowest BCUT2D eigenvalue weighted by Crippen LogP contribution is -2.40. The zero-order chi connectivity index (χ0) is 14.8. The topological polar surface area (TPSA) is 69.6 Å². The first-order chi connectivity index (χ1) is 9.47. The van der Waals surface area contributed by atoms with Crippen molar-refractivity contribution in [3.05, 3.63) is 15.8 Å². The van der Waals surface area contributed by atoms with Gasteiger partial charge in [0.25, 0.3) is 0 Å². The molecular formula is C13H22N2O3S2. The van der Waals surface area contributed by atoms with Gasteiger partial charge in [0.1, 0.15) is 0 Å². The Balaban J connectivity index is 2.05. The fraction of sp³-hybridized carbons (Fsp3) is 0.692. The molecule has 1 saturated heterocycles. The van der Waals surface area contributed by atoms with Gasteiger partial charge in [0, 0.05) is 22.3 Å². The highest BCUT2D eigenvalue weighted by molar-refractivity contribution is 7.89. The zero-order valence-electron chi connectivity index (χ0n) is 11.9. The highest BCUT2D eigenvalue weighted by Crippen LogP contribution is 2.26. The highest BCUT2D eigenvalue weighted by Gasteiger charge is 2.26. The van der Waals surface area contributed by atoms with Gasteiger partial charge in [0.15, 0.2) is 0 Å².